The molecule has 2 heterocycles. The number of rotatable bonds is 5. The van der Waals surface area contributed by atoms with Gasteiger partial charge in [-0.15, -0.1) is 23.1 Å². The Morgan fingerprint density at radius 1 is 1.08 bits per heavy atom. The van der Waals surface area contributed by atoms with Crippen molar-refractivity contribution < 1.29 is 9.13 Å². The summed E-state index contributed by atoms with van der Waals surface area (Å²) in [6.07, 6.45) is 1.57. The van der Waals surface area contributed by atoms with Gasteiger partial charge in [0.25, 0.3) is 0 Å². The average Bonchev–Trinajstić information content (AvgIpc) is 3.12. The summed E-state index contributed by atoms with van der Waals surface area (Å²) < 4.78 is 19.1. The fourth-order valence-electron chi connectivity index (χ4n) is 2.70. The number of ether oxygens (including phenoxy) is 1. The highest BCUT2D eigenvalue weighted by Crippen LogP contribution is 2.39. The predicted molar refractivity (Wildman–Crippen MR) is 105 cm³/mol. The van der Waals surface area contributed by atoms with Crippen molar-refractivity contribution >= 4 is 33.3 Å². The van der Waals surface area contributed by atoms with Gasteiger partial charge in [-0.3, -0.25) is 0 Å². The molecule has 0 aliphatic heterocycles. The second kappa shape index (κ2) is 7.43. The van der Waals surface area contributed by atoms with Gasteiger partial charge in [0.05, 0.1) is 12.5 Å². The molecule has 0 fully saturated rings. The van der Waals surface area contributed by atoms with Gasteiger partial charge in [-0.25, -0.2) is 14.4 Å². The van der Waals surface area contributed by atoms with E-state index >= 15 is 0 Å². The molecule has 6 heteroatoms. The molecule has 26 heavy (non-hydrogen) atoms. The first-order valence-corrected chi connectivity index (χ1v) is 9.85. The normalized spacial score (nSPS) is 11.0. The Morgan fingerprint density at radius 2 is 1.88 bits per heavy atom. The molecular formula is C20H15FN2OS2. The topological polar surface area (TPSA) is 35.0 Å². The van der Waals surface area contributed by atoms with Crippen LogP contribution in [0.4, 0.5) is 4.39 Å². The summed E-state index contributed by atoms with van der Waals surface area (Å²) >= 11 is 3.12. The Morgan fingerprint density at radius 3 is 2.65 bits per heavy atom. The number of aromatic nitrogens is 2. The molecule has 0 aliphatic rings. The molecule has 0 radical (unpaired) electrons. The molecule has 0 atom stereocenters. The molecule has 0 bridgehead atoms. The molecule has 0 unspecified atom stereocenters. The molecule has 0 aliphatic carbocycles. The molecular weight excluding hydrogens is 367 g/mol. The Labute approximate surface area is 158 Å². The Bertz CT molecular complexity index is 1050. The van der Waals surface area contributed by atoms with Crippen molar-refractivity contribution in [2.75, 3.05) is 7.11 Å². The van der Waals surface area contributed by atoms with E-state index in [-0.39, 0.29) is 5.82 Å². The van der Waals surface area contributed by atoms with E-state index in [1.165, 1.54) is 17.8 Å². The van der Waals surface area contributed by atoms with Gasteiger partial charge >= 0.3 is 0 Å². The highest BCUT2D eigenvalue weighted by Gasteiger charge is 2.14. The molecule has 0 saturated carbocycles. The summed E-state index contributed by atoms with van der Waals surface area (Å²) in [5.74, 6) is 1.15. The lowest BCUT2D eigenvalue weighted by atomic mass is 10.1. The van der Waals surface area contributed by atoms with Gasteiger partial charge in [0.2, 0.25) is 0 Å². The zero-order valence-electron chi connectivity index (χ0n) is 14.0. The molecule has 4 aromatic rings. The summed E-state index contributed by atoms with van der Waals surface area (Å²) in [4.78, 5) is 9.78. The van der Waals surface area contributed by atoms with Crippen LogP contribution in [0.25, 0.3) is 21.3 Å². The second-order valence-corrected chi connectivity index (χ2v) is 7.44. The number of methoxy groups -OCH3 is 1. The molecule has 0 amide bonds. The number of nitrogens with zero attached hydrogens (tertiary/aromatic N) is 2. The van der Waals surface area contributed by atoms with Gasteiger partial charge in [0, 0.05) is 16.7 Å². The van der Waals surface area contributed by atoms with Crippen LogP contribution in [0.2, 0.25) is 0 Å². The third kappa shape index (κ3) is 3.30. The molecule has 4 rings (SSSR count). The maximum Gasteiger partial charge on any atom is 0.128 e. The van der Waals surface area contributed by atoms with Crippen LogP contribution >= 0.6 is 23.1 Å². The number of thiophene rings is 1. The molecule has 3 nitrogen and oxygen atoms in total. The molecule has 0 saturated heterocycles. The minimum Gasteiger partial charge on any atom is -0.497 e. The zero-order chi connectivity index (χ0) is 17.9. The number of thioether (sulfide) groups is 1. The molecule has 2 aromatic heterocycles. The van der Waals surface area contributed by atoms with Crippen LogP contribution in [0.3, 0.4) is 0 Å². The van der Waals surface area contributed by atoms with E-state index in [9.17, 15) is 4.39 Å². The van der Waals surface area contributed by atoms with E-state index in [1.807, 2.05) is 30.3 Å². The quantitative estimate of drug-likeness (QED) is 0.323. The maximum atomic E-state index is 13.9. The lowest BCUT2D eigenvalue weighted by molar-refractivity contribution is 0.415. The second-order valence-electron chi connectivity index (χ2n) is 5.62. The molecule has 130 valence electrons. The first kappa shape index (κ1) is 17.0. The van der Waals surface area contributed by atoms with E-state index in [0.717, 1.165) is 32.1 Å². The number of halogens is 1. The van der Waals surface area contributed by atoms with Gasteiger partial charge in [0.1, 0.15) is 27.8 Å². The smallest absolute Gasteiger partial charge is 0.128 e. The number of hydrogen-bond acceptors (Lipinski definition) is 5. The van der Waals surface area contributed by atoms with E-state index in [2.05, 4.69) is 15.3 Å². The van der Waals surface area contributed by atoms with Gasteiger partial charge in [-0.1, -0.05) is 30.3 Å². The standard InChI is InChI=1S/C20H15FN2OS2/c1-24-15-8-6-13(7-9-15)16-11-26-20-18(16)19(22-12-23-20)25-10-14-4-2-3-5-17(14)21/h2-9,11-12H,10H2,1H3. The van der Waals surface area contributed by atoms with Crippen molar-refractivity contribution in [3.05, 3.63) is 71.6 Å². The maximum absolute atomic E-state index is 13.9. The lowest BCUT2D eigenvalue weighted by Gasteiger charge is -2.07. The van der Waals surface area contributed by atoms with E-state index in [0.29, 0.717) is 11.3 Å². The zero-order valence-corrected chi connectivity index (χ0v) is 15.6. The number of benzene rings is 2. The van der Waals surface area contributed by atoms with Crippen molar-refractivity contribution in [2.24, 2.45) is 0 Å². The van der Waals surface area contributed by atoms with Crippen molar-refractivity contribution in [2.45, 2.75) is 10.8 Å². The SMILES string of the molecule is COc1ccc(-c2csc3ncnc(SCc4ccccc4F)c23)cc1. The van der Waals surface area contributed by atoms with Gasteiger partial charge in [0.15, 0.2) is 0 Å². The minimum absolute atomic E-state index is 0.189. The van der Waals surface area contributed by atoms with E-state index < -0.39 is 0 Å². The average molecular weight is 382 g/mol. The fourth-order valence-corrected chi connectivity index (χ4v) is 4.68. The van der Waals surface area contributed by atoms with E-state index in [4.69, 9.17) is 4.74 Å². The largest absolute Gasteiger partial charge is 0.497 e. The van der Waals surface area contributed by atoms with Crippen molar-refractivity contribution in [1.82, 2.24) is 9.97 Å². The predicted octanol–water partition coefficient (Wildman–Crippen LogP) is 5.80. The summed E-state index contributed by atoms with van der Waals surface area (Å²) in [5.41, 5.74) is 2.84. The van der Waals surface area contributed by atoms with E-state index in [1.54, 1.807) is 36.9 Å². The van der Waals surface area contributed by atoms with Crippen LogP contribution in [0.5, 0.6) is 5.75 Å². The third-order valence-corrected chi connectivity index (χ3v) is 5.98. The molecule has 0 spiro atoms. The highest BCUT2D eigenvalue weighted by molar-refractivity contribution is 7.98. The summed E-state index contributed by atoms with van der Waals surface area (Å²) in [7, 11) is 1.65. The highest BCUT2D eigenvalue weighted by atomic mass is 32.2. The van der Waals surface area contributed by atoms with Crippen LogP contribution in [0.15, 0.2) is 65.3 Å². The van der Waals surface area contributed by atoms with Crippen molar-refractivity contribution in [1.29, 1.82) is 0 Å². The molecule has 2 aromatic carbocycles. The monoisotopic (exact) mass is 382 g/mol. The van der Waals surface area contributed by atoms with Gasteiger partial charge < -0.3 is 4.74 Å². The first-order valence-electron chi connectivity index (χ1n) is 7.99. The summed E-state index contributed by atoms with van der Waals surface area (Å²) in [6.45, 7) is 0. The van der Waals surface area contributed by atoms with Crippen LogP contribution in [0, 0.1) is 5.82 Å². The Hall–Kier alpha value is -2.44. The Balaban J connectivity index is 1.71. The van der Waals surface area contributed by atoms with Crippen molar-refractivity contribution in [3.63, 3.8) is 0 Å². The van der Waals surface area contributed by atoms with Gasteiger partial charge in [-0.2, -0.15) is 0 Å². The minimum atomic E-state index is -0.189. The third-order valence-electron chi connectivity index (χ3n) is 4.06. The summed E-state index contributed by atoms with van der Waals surface area (Å²) in [5, 5.41) is 3.98. The Kier molecular flexibility index (Phi) is 4.86. The van der Waals surface area contributed by atoms with Crippen LogP contribution in [-0.4, -0.2) is 17.1 Å². The molecule has 0 N–H and O–H groups in total. The number of hydrogen-bond donors (Lipinski definition) is 0. The lowest BCUT2D eigenvalue weighted by Crippen LogP contribution is -1.90. The van der Waals surface area contributed by atoms with Crippen LogP contribution in [-0.2, 0) is 5.75 Å². The van der Waals surface area contributed by atoms with Crippen LogP contribution < -0.4 is 4.74 Å². The summed E-state index contributed by atoms with van der Waals surface area (Å²) in [6, 6.07) is 14.8. The number of fused-ring (bicyclic) bond motifs is 1. The van der Waals surface area contributed by atoms with Crippen molar-refractivity contribution in [3.8, 4) is 16.9 Å². The fraction of sp³-hybridized carbons (Fsp3) is 0.100. The first-order chi connectivity index (χ1) is 12.8. The van der Waals surface area contributed by atoms with Gasteiger partial charge in [-0.05, 0) is 29.3 Å². The van der Waals surface area contributed by atoms with Crippen LogP contribution in [0.1, 0.15) is 5.56 Å².